The van der Waals surface area contributed by atoms with Crippen molar-refractivity contribution < 1.29 is 23.9 Å². The molecule has 0 spiro atoms. The maximum Gasteiger partial charge on any atom is 0.262 e. The Labute approximate surface area is 163 Å². The molecule has 0 aliphatic carbocycles. The van der Waals surface area contributed by atoms with Crippen LogP contribution in [-0.2, 0) is 14.3 Å². The topological polar surface area (TPSA) is 110 Å². The van der Waals surface area contributed by atoms with Crippen LogP contribution in [0.3, 0.4) is 0 Å². The lowest BCUT2D eigenvalue weighted by atomic mass is 10.1. The van der Waals surface area contributed by atoms with Gasteiger partial charge in [0, 0.05) is 18.7 Å². The van der Waals surface area contributed by atoms with E-state index in [1.165, 1.54) is 0 Å². The van der Waals surface area contributed by atoms with Gasteiger partial charge in [0.05, 0.1) is 24.3 Å². The molecule has 2 heterocycles. The van der Waals surface area contributed by atoms with E-state index in [4.69, 9.17) is 10.5 Å². The minimum atomic E-state index is -1.13. The number of benzene rings is 1. The molecule has 8 nitrogen and oxygen atoms in total. The number of rotatable bonds is 6. The molecule has 0 bridgehead atoms. The van der Waals surface area contributed by atoms with Gasteiger partial charge < -0.3 is 20.2 Å². The first-order valence-corrected chi connectivity index (χ1v) is 9.44. The third kappa shape index (κ3) is 3.45. The molecule has 2 aliphatic heterocycles. The SMILES string of the molecule is NC(=O)C(CCC=O)N1C(=O)c2ccc(N3CCOC(I)C3)cc2C1=O. The number of morpholine rings is 1. The van der Waals surface area contributed by atoms with Gasteiger partial charge in [-0.05, 0) is 47.2 Å². The van der Waals surface area contributed by atoms with Gasteiger partial charge in [-0.25, -0.2) is 0 Å². The second-order valence-corrected chi connectivity index (χ2v) is 7.49. The van der Waals surface area contributed by atoms with Gasteiger partial charge in [-0.2, -0.15) is 0 Å². The number of anilines is 1. The summed E-state index contributed by atoms with van der Waals surface area (Å²) in [4.78, 5) is 50.7. The molecule has 0 saturated carbocycles. The largest absolute Gasteiger partial charge is 0.368 e. The van der Waals surface area contributed by atoms with Crippen molar-refractivity contribution in [1.29, 1.82) is 0 Å². The normalized spacial score (nSPS) is 20.9. The average Bonchev–Trinajstić information content (AvgIpc) is 2.86. The van der Waals surface area contributed by atoms with Crippen LogP contribution in [0.1, 0.15) is 33.6 Å². The highest BCUT2D eigenvalue weighted by Gasteiger charge is 2.42. The van der Waals surface area contributed by atoms with Crippen LogP contribution in [0.4, 0.5) is 5.69 Å². The molecule has 9 heteroatoms. The highest BCUT2D eigenvalue weighted by molar-refractivity contribution is 14.1. The first-order chi connectivity index (χ1) is 12.4. The van der Waals surface area contributed by atoms with Crippen LogP contribution in [0.15, 0.2) is 18.2 Å². The predicted octanol–water partition coefficient (Wildman–Crippen LogP) is 0.713. The van der Waals surface area contributed by atoms with Crippen molar-refractivity contribution in [3.63, 3.8) is 0 Å². The van der Waals surface area contributed by atoms with Crippen LogP contribution >= 0.6 is 22.6 Å². The number of hydrogen-bond donors (Lipinski definition) is 1. The maximum absolute atomic E-state index is 12.8. The Morgan fingerprint density at radius 3 is 2.73 bits per heavy atom. The van der Waals surface area contributed by atoms with Crippen LogP contribution in [0.5, 0.6) is 0 Å². The van der Waals surface area contributed by atoms with Crippen LogP contribution in [0.2, 0.25) is 0 Å². The number of halogens is 1. The zero-order valence-electron chi connectivity index (χ0n) is 13.9. The fourth-order valence-electron chi connectivity index (χ4n) is 3.19. The Bertz CT molecular complexity index is 769. The molecule has 0 aromatic heterocycles. The number of imide groups is 1. The molecule has 2 unspecified atom stereocenters. The van der Waals surface area contributed by atoms with Crippen LogP contribution in [-0.4, -0.2) is 58.8 Å². The number of nitrogens with two attached hydrogens (primary N) is 1. The summed E-state index contributed by atoms with van der Waals surface area (Å²) in [7, 11) is 0. The van der Waals surface area contributed by atoms with E-state index in [0.29, 0.717) is 26.0 Å². The number of fused-ring (bicyclic) bond motifs is 1. The van der Waals surface area contributed by atoms with Gasteiger partial charge in [0.2, 0.25) is 5.91 Å². The third-order valence-electron chi connectivity index (χ3n) is 4.49. The second-order valence-electron chi connectivity index (χ2n) is 6.10. The van der Waals surface area contributed by atoms with E-state index in [0.717, 1.165) is 10.6 Å². The fourth-order valence-corrected chi connectivity index (χ4v) is 3.92. The van der Waals surface area contributed by atoms with Crippen molar-refractivity contribution in [2.75, 3.05) is 24.6 Å². The van der Waals surface area contributed by atoms with Crippen LogP contribution in [0, 0.1) is 0 Å². The lowest BCUT2D eigenvalue weighted by Crippen LogP contribution is -2.47. The molecule has 1 aromatic carbocycles. The van der Waals surface area contributed by atoms with Crippen LogP contribution < -0.4 is 10.6 Å². The zero-order valence-corrected chi connectivity index (χ0v) is 16.0. The predicted molar refractivity (Wildman–Crippen MR) is 101 cm³/mol. The van der Waals surface area contributed by atoms with Crippen molar-refractivity contribution in [2.24, 2.45) is 5.73 Å². The van der Waals surface area contributed by atoms with Gasteiger partial charge in [0.1, 0.15) is 16.4 Å². The Balaban J connectivity index is 1.89. The van der Waals surface area contributed by atoms with Crippen molar-refractivity contribution in [2.45, 2.75) is 23.0 Å². The van der Waals surface area contributed by atoms with E-state index in [-0.39, 0.29) is 28.1 Å². The Morgan fingerprint density at radius 1 is 1.35 bits per heavy atom. The molecule has 0 radical (unpaired) electrons. The molecule has 138 valence electrons. The molecule has 2 atom stereocenters. The molecular formula is C17H18IN3O5. The number of hydrogen-bond acceptors (Lipinski definition) is 6. The molecular weight excluding hydrogens is 453 g/mol. The fraction of sp³-hybridized carbons (Fsp3) is 0.412. The number of aldehydes is 1. The Hall–Kier alpha value is -2.01. The summed E-state index contributed by atoms with van der Waals surface area (Å²) in [5.74, 6) is -1.91. The van der Waals surface area contributed by atoms with Crippen molar-refractivity contribution >= 4 is 52.3 Å². The summed E-state index contributed by atoms with van der Waals surface area (Å²) < 4.78 is 5.56. The van der Waals surface area contributed by atoms with Gasteiger partial charge in [0.25, 0.3) is 11.8 Å². The van der Waals surface area contributed by atoms with Crippen molar-refractivity contribution in [3.8, 4) is 0 Å². The molecule has 1 saturated heterocycles. The molecule has 2 aliphatic rings. The quantitative estimate of drug-likeness (QED) is 0.283. The zero-order chi connectivity index (χ0) is 18.8. The van der Waals surface area contributed by atoms with E-state index in [1.54, 1.807) is 18.2 Å². The summed E-state index contributed by atoms with van der Waals surface area (Å²) in [6.07, 6.45) is 0.694. The van der Waals surface area contributed by atoms with E-state index in [2.05, 4.69) is 27.5 Å². The number of alkyl halides is 1. The number of amides is 3. The smallest absolute Gasteiger partial charge is 0.262 e. The van der Waals surface area contributed by atoms with Gasteiger partial charge >= 0.3 is 0 Å². The standard InChI is InChI=1S/C17H18IN3O5/c18-14-9-20(5-7-26-14)10-3-4-11-12(8-10)17(25)21(16(11)24)13(15(19)23)2-1-6-22/h3-4,6,8,13-14H,1-2,5,7,9H2,(H2,19,23). The minimum Gasteiger partial charge on any atom is -0.368 e. The number of primary amides is 1. The molecule has 1 fully saturated rings. The van der Waals surface area contributed by atoms with E-state index < -0.39 is 23.8 Å². The van der Waals surface area contributed by atoms with Crippen molar-refractivity contribution in [1.82, 2.24) is 4.90 Å². The minimum absolute atomic E-state index is 0.0249. The van der Waals surface area contributed by atoms with Gasteiger partial charge in [-0.15, -0.1) is 0 Å². The first-order valence-electron chi connectivity index (χ1n) is 8.19. The van der Waals surface area contributed by atoms with Crippen LogP contribution in [0.25, 0.3) is 0 Å². The van der Waals surface area contributed by atoms with E-state index in [9.17, 15) is 19.2 Å². The van der Waals surface area contributed by atoms with Gasteiger partial charge in [0.15, 0.2) is 0 Å². The number of nitrogens with zero attached hydrogens (tertiary/aromatic N) is 2. The maximum atomic E-state index is 12.8. The Kier molecular flexibility index (Phi) is 5.56. The second kappa shape index (κ2) is 7.70. The van der Waals surface area contributed by atoms with Gasteiger partial charge in [-0.1, -0.05) is 0 Å². The summed E-state index contributed by atoms with van der Waals surface area (Å²) in [6.45, 7) is 1.95. The summed E-state index contributed by atoms with van der Waals surface area (Å²) in [5, 5.41) is 0. The molecule has 26 heavy (non-hydrogen) atoms. The van der Waals surface area contributed by atoms with Gasteiger partial charge in [-0.3, -0.25) is 19.3 Å². The van der Waals surface area contributed by atoms with Crippen molar-refractivity contribution in [3.05, 3.63) is 29.3 Å². The van der Waals surface area contributed by atoms with E-state index >= 15 is 0 Å². The number of carbonyl (C=O) groups excluding carboxylic acids is 4. The highest BCUT2D eigenvalue weighted by atomic mass is 127. The highest BCUT2D eigenvalue weighted by Crippen LogP contribution is 2.30. The molecule has 1 aromatic rings. The first kappa shape index (κ1) is 18.8. The van der Waals surface area contributed by atoms with E-state index in [1.807, 2.05) is 0 Å². The summed E-state index contributed by atoms with van der Waals surface area (Å²) >= 11 is 2.20. The number of ether oxygens (including phenoxy) is 1. The molecule has 3 amide bonds. The monoisotopic (exact) mass is 471 g/mol. The lowest BCUT2D eigenvalue weighted by Gasteiger charge is -2.32. The average molecular weight is 471 g/mol. The lowest BCUT2D eigenvalue weighted by molar-refractivity contribution is -0.122. The summed E-state index contributed by atoms with van der Waals surface area (Å²) in [6, 6.07) is 3.92. The molecule has 2 N–H and O–H groups in total. The third-order valence-corrected chi connectivity index (χ3v) is 5.24. The Morgan fingerprint density at radius 2 is 2.08 bits per heavy atom. The summed E-state index contributed by atoms with van der Waals surface area (Å²) in [5.41, 5.74) is 6.67. The molecule has 3 rings (SSSR count). The number of carbonyl (C=O) groups is 4.